The van der Waals surface area contributed by atoms with E-state index in [2.05, 4.69) is 12.7 Å². The minimum Gasteiger partial charge on any atom is -0.315 e. The Hall–Kier alpha value is -0.300. The minimum atomic E-state index is -5.30. The van der Waals surface area contributed by atoms with Crippen molar-refractivity contribution in [2.45, 2.75) is 10.9 Å². The van der Waals surface area contributed by atoms with Crippen LogP contribution in [0, 0.1) is 6.92 Å². The molecule has 7 heteroatoms. The summed E-state index contributed by atoms with van der Waals surface area (Å²) in [6, 6.07) is 0. The Balaban J connectivity index is 4.79. The number of hydrogen-bond donors (Lipinski definition) is 1. The van der Waals surface area contributed by atoms with Gasteiger partial charge in [0.15, 0.2) is 0 Å². The van der Waals surface area contributed by atoms with Gasteiger partial charge in [0.1, 0.15) is 5.37 Å². The van der Waals surface area contributed by atoms with Crippen LogP contribution in [0.1, 0.15) is 0 Å². The van der Waals surface area contributed by atoms with Crippen LogP contribution in [0.4, 0.5) is 13.2 Å². The van der Waals surface area contributed by atoms with E-state index in [1.807, 2.05) is 0 Å². The molecule has 0 spiro atoms. The molecule has 3 nitrogen and oxygen atoms in total. The van der Waals surface area contributed by atoms with Gasteiger partial charge >= 0.3 is 5.51 Å². The Bertz CT molecular complexity index is 204. The third kappa shape index (κ3) is 1.60. The van der Waals surface area contributed by atoms with Gasteiger partial charge in [-0.3, -0.25) is 0 Å². The van der Waals surface area contributed by atoms with Gasteiger partial charge < -0.3 is 5.73 Å². The molecule has 0 aromatic heterocycles. The van der Waals surface area contributed by atoms with E-state index in [0.29, 0.717) is 0 Å². The molecule has 0 aromatic rings. The number of nitrogens with two attached hydrogens (primary N) is 1. The van der Waals surface area contributed by atoms with Gasteiger partial charge in [0.2, 0.25) is 0 Å². The van der Waals surface area contributed by atoms with Crippen LogP contribution >= 0.6 is 0 Å². The van der Waals surface area contributed by atoms with Crippen molar-refractivity contribution in [2.24, 2.45) is 5.73 Å². The molecule has 0 heterocycles. The van der Waals surface area contributed by atoms with Crippen molar-refractivity contribution in [1.82, 2.24) is 0 Å². The standard InChI is InChI=1S/C3H5F3NO2S/c1-2(7)10(8,9)3(4,5)6/h2H,1,7H2. The van der Waals surface area contributed by atoms with Crippen LogP contribution in [0.15, 0.2) is 0 Å². The topological polar surface area (TPSA) is 60.2 Å². The lowest BCUT2D eigenvalue weighted by atomic mass is 10.8. The van der Waals surface area contributed by atoms with E-state index in [1.54, 1.807) is 0 Å². The predicted octanol–water partition coefficient (Wildman–Crippen LogP) is 0.0399. The van der Waals surface area contributed by atoms with Gasteiger partial charge in [-0.2, -0.15) is 13.2 Å². The summed E-state index contributed by atoms with van der Waals surface area (Å²) in [4.78, 5) is 0. The smallest absolute Gasteiger partial charge is 0.315 e. The van der Waals surface area contributed by atoms with Gasteiger partial charge in [-0.15, -0.1) is 0 Å². The molecule has 0 aliphatic carbocycles. The summed E-state index contributed by atoms with van der Waals surface area (Å²) in [7, 11) is -5.25. The summed E-state index contributed by atoms with van der Waals surface area (Å²) in [5.74, 6) is 0. The highest BCUT2D eigenvalue weighted by Gasteiger charge is 2.47. The first-order valence-corrected chi connectivity index (χ1v) is 3.63. The second-order valence-electron chi connectivity index (χ2n) is 1.53. The molecule has 1 unspecified atom stereocenters. The van der Waals surface area contributed by atoms with Crippen LogP contribution in [-0.4, -0.2) is 19.3 Å². The lowest BCUT2D eigenvalue weighted by molar-refractivity contribution is -0.0440. The maximum absolute atomic E-state index is 11.4. The monoisotopic (exact) mass is 176 g/mol. The fourth-order valence-electron chi connectivity index (χ4n) is 0.172. The average Bonchev–Trinajstić information content (AvgIpc) is 1.62. The first kappa shape index (κ1) is 9.70. The molecule has 1 atom stereocenters. The summed E-state index contributed by atoms with van der Waals surface area (Å²) in [6.45, 7) is 2.55. The van der Waals surface area contributed by atoms with Crippen LogP contribution < -0.4 is 5.73 Å². The van der Waals surface area contributed by atoms with E-state index in [0.717, 1.165) is 0 Å². The quantitative estimate of drug-likeness (QED) is 0.613. The number of rotatable bonds is 1. The Morgan fingerprint density at radius 2 is 1.70 bits per heavy atom. The minimum absolute atomic E-state index is 2.15. The van der Waals surface area contributed by atoms with Gasteiger partial charge in [0.05, 0.1) is 0 Å². The van der Waals surface area contributed by atoms with Crippen molar-refractivity contribution in [1.29, 1.82) is 0 Å². The lowest BCUT2D eigenvalue weighted by Crippen LogP contribution is -2.37. The predicted molar refractivity (Wildman–Crippen MR) is 28.3 cm³/mol. The summed E-state index contributed by atoms with van der Waals surface area (Å²) < 4.78 is 54.2. The SMILES string of the molecule is [CH2]C(N)S(=O)(=O)C(F)(F)F. The molecule has 2 N–H and O–H groups in total. The molecule has 0 aliphatic rings. The van der Waals surface area contributed by atoms with Crippen molar-refractivity contribution >= 4 is 9.84 Å². The van der Waals surface area contributed by atoms with E-state index in [1.165, 1.54) is 0 Å². The first-order chi connectivity index (χ1) is 4.19. The maximum atomic E-state index is 11.4. The highest BCUT2D eigenvalue weighted by Crippen LogP contribution is 2.24. The molecule has 0 saturated heterocycles. The highest BCUT2D eigenvalue weighted by atomic mass is 32.2. The van der Waals surface area contributed by atoms with E-state index in [-0.39, 0.29) is 0 Å². The van der Waals surface area contributed by atoms with Crippen molar-refractivity contribution < 1.29 is 21.6 Å². The number of sulfone groups is 1. The third-order valence-electron chi connectivity index (χ3n) is 0.721. The van der Waals surface area contributed by atoms with Crippen LogP contribution in [0.3, 0.4) is 0 Å². The Morgan fingerprint density at radius 3 is 1.70 bits per heavy atom. The molecule has 0 fully saturated rings. The number of alkyl halides is 3. The zero-order chi connectivity index (χ0) is 8.58. The summed E-state index contributed by atoms with van der Waals surface area (Å²) in [6.07, 6.45) is 0. The van der Waals surface area contributed by atoms with Gasteiger partial charge in [-0.25, -0.2) is 8.42 Å². The van der Waals surface area contributed by atoms with E-state index >= 15 is 0 Å². The molecular formula is C3H5F3NO2S. The first-order valence-electron chi connectivity index (χ1n) is 2.08. The summed E-state index contributed by atoms with van der Waals surface area (Å²) in [5, 5.41) is -2.15. The fourth-order valence-corrected chi connectivity index (χ4v) is 0.515. The van der Waals surface area contributed by atoms with Crippen LogP contribution in [0.5, 0.6) is 0 Å². The van der Waals surface area contributed by atoms with Crippen molar-refractivity contribution in [2.75, 3.05) is 0 Å². The average molecular weight is 176 g/mol. The molecule has 0 saturated carbocycles. The van der Waals surface area contributed by atoms with Crippen molar-refractivity contribution in [3.8, 4) is 0 Å². The normalized spacial score (nSPS) is 16.9. The van der Waals surface area contributed by atoms with E-state index in [9.17, 15) is 21.6 Å². The largest absolute Gasteiger partial charge is 0.498 e. The molecule has 0 amide bonds. The fraction of sp³-hybridized carbons (Fsp3) is 0.667. The Morgan fingerprint density at radius 1 is 1.40 bits per heavy atom. The Kier molecular flexibility index (Phi) is 2.32. The summed E-state index contributed by atoms with van der Waals surface area (Å²) >= 11 is 0. The van der Waals surface area contributed by atoms with Gasteiger partial charge in [0, 0.05) is 0 Å². The van der Waals surface area contributed by atoms with Crippen LogP contribution in [-0.2, 0) is 9.84 Å². The number of hydrogen-bond acceptors (Lipinski definition) is 3. The number of halogens is 3. The molecule has 1 radical (unpaired) electrons. The molecule has 0 aliphatic heterocycles. The van der Waals surface area contributed by atoms with Crippen molar-refractivity contribution in [3.05, 3.63) is 6.92 Å². The zero-order valence-electron chi connectivity index (χ0n) is 4.72. The van der Waals surface area contributed by atoms with Gasteiger partial charge in [-0.1, -0.05) is 0 Å². The zero-order valence-corrected chi connectivity index (χ0v) is 5.54. The molecule has 10 heavy (non-hydrogen) atoms. The molecule has 0 rings (SSSR count). The second kappa shape index (κ2) is 2.39. The molecular weight excluding hydrogens is 171 g/mol. The van der Waals surface area contributed by atoms with Crippen molar-refractivity contribution in [3.63, 3.8) is 0 Å². The van der Waals surface area contributed by atoms with Crippen LogP contribution in [0.25, 0.3) is 0 Å². The third-order valence-corrected chi connectivity index (χ3v) is 2.16. The van der Waals surface area contributed by atoms with Crippen LogP contribution in [0.2, 0.25) is 0 Å². The molecule has 0 bridgehead atoms. The Labute approximate surface area is 55.9 Å². The van der Waals surface area contributed by atoms with Gasteiger partial charge in [-0.05, 0) is 6.92 Å². The van der Waals surface area contributed by atoms with E-state index in [4.69, 9.17) is 0 Å². The maximum Gasteiger partial charge on any atom is 0.498 e. The highest BCUT2D eigenvalue weighted by molar-refractivity contribution is 7.92. The molecule has 61 valence electrons. The molecule has 0 aromatic carbocycles. The van der Waals surface area contributed by atoms with E-state index < -0.39 is 20.7 Å². The summed E-state index contributed by atoms with van der Waals surface area (Å²) in [5.41, 5.74) is -0.860. The van der Waals surface area contributed by atoms with Gasteiger partial charge in [0.25, 0.3) is 9.84 Å². The lowest BCUT2D eigenvalue weighted by Gasteiger charge is -2.09. The second-order valence-corrected chi connectivity index (χ2v) is 3.69.